The van der Waals surface area contributed by atoms with E-state index in [0.29, 0.717) is 44.1 Å². The van der Waals surface area contributed by atoms with Gasteiger partial charge in [0.1, 0.15) is 0 Å². The van der Waals surface area contributed by atoms with Gasteiger partial charge < -0.3 is 9.80 Å². The molecule has 1 aromatic rings. The lowest BCUT2D eigenvalue weighted by molar-refractivity contribution is -0.135. The average Bonchev–Trinajstić information content (AvgIpc) is 2.82. The van der Waals surface area contributed by atoms with E-state index in [4.69, 9.17) is 0 Å². The molecule has 1 heterocycles. The highest BCUT2D eigenvalue weighted by Gasteiger charge is 2.33. The number of sulfonamides is 1. The first-order valence-corrected chi connectivity index (χ1v) is 13.2. The fourth-order valence-electron chi connectivity index (χ4n) is 4.79. The third-order valence-electron chi connectivity index (χ3n) is 7.06. The number of carbonyl (C=O) groups is 2. The lowest BCUT2D eigenvalue weighted by atomic mass is 9.94. The number of hydrogen-bond donors (Lipinski definition) is 0. The van der Waals surface area contributed by atoms with Gasteiger partial charge in [-0.05, 0) is 51.8 Å². The quantitative estimate of drug-likeness (QED) is 0.554. The van der Waals surface area contributed by atoms with Gasteiger partial charge in [-0.2, -0.15) is 4.31 Å². The number of piperidine rings is 1. The molecule has 3 rings (SSSR count). The highest BCUT2D eigenvalue weighted by atomic mass is 32.2. The summed E-state index contributed by atoms with van der Waals surface area (Å²) in [5.74, 6) is -0.112. The van der Waals surface area contributed by atoms with Crippen molar-refractivity contribution in [3.8, 4) is 0 Å². The van der Waals surface area contributed by atoms with Gasteiger partial charge in [0.25, 0.3) is 0 Å². The molecule has 8 heteroatoms. The van der Waals surface area contributed by atoms with Crippen LogP contribution in [0.25, 0.3) is 0 Å². The number of hydrogen-bond acceptors (Lipinski definition) is 5. The molecule has 0 aromatic heterocycles. The zero-order valence-electron chi connectivity index (χ0n) is 19.6. The van der Waals surface area contributed by atoms with Crippen LogP contribution in [-0.2, 0) is 14.8 Å². The predicted octanol–water partition coefficient (Wildman–Crippen LogP) is 3.01. The van der Waals surface area contributed by atoms with Crippen LogP contribution in [0.1, 0.15) is 62.2 Å². The van der Waals surface area contributed by atoms with Gasteiger partial charge >= 0.3 is 0 Å². The summed E-state index contributed by atoms with van der Waals surface area (Å²) in [6, 6.07) is 6.69. The average molecular weight is 464 g/mol. The van der Waals surface area contributed by atoms with Gasteiger partial charge in [-0.1, -0.05) is 31.4 Å². The van der Waals surface area contributed by atoms with E-state index in [2.05, 4.69) is 11.9 Å². The lowest BCUT2D eigenvalue weighted by Gasteiger charge is -2.34. The maximum Gasteiger partial charge on any atom is 0.243 e. The summed E-state index contributed by atoms with van der Waals surface area (Å²) in [6.07, 6.45) is 7.50. The summed E-state index contributed by atoms with van der Waals surface area (Å²) >= 11 is 0. The van der Waals surface area contributed by atoms with Crippen LogP contribution in [0.5, 0.6) is 0 Å². The Balaban J connectivity index is 1.49. The first-order valence-electron chi connectivity index (χ1n) is 11.8. The van der Waals surface area contributed by atoms with Crippen LogP contribution in [0.2, 0.25) is 0 Å². The van der Waals surface area contributed by atoms with Crippen LogP contribution < -0.4 is 0 Å². The van der Waals surface area contributed by atoms with E-state index in [1.807, 2.05) is 11.9 Å². The molecule has 0 N–H and O–H groups in total. The van der Waals surface area contributed by atoms with Crippen molar-refractivity contribution in [1.29, 1.82) is 0 Å². The molecule has 0 atom stereocenters. The molecule has 0 radical (unpaired) electrons. The van der Waals surface area contributed by atoms with Gasteiger partial charge in [0.15, 0.2) is 5.78 Å². The second-order valence-electron chi connectivity index (χ2n) is 9.29. The smallest absolute Gasteiger partial charge is 0.243 e. The SMILES string of the molecule is CC(=O)c1ccc(S(=O)(=O)N2CCC(C(=O)N(C)CCN(C)C3CCCCC3)CC2)cc1. The molecule has 32 heavy (non-hydrogen) atoms. The summed E-state index contributed by atoms with van der Waals surface area (Å²) in [5, 5.41) is 0. The van der Waals surface area contributed by atoms with Crippen LogP contribution in [0.15, 0.2) is 29.2 Å². The Hall–Kier alpha value is -1.77. The number of ketones is 1. The van der Waals surface area contributed by atoms with Crippen LogP contribution in [0.4, 0.5) is 0 Å². The molecule has 1 aromatic carbocycles. The maximum absolute atomic E-state index is 12.9. The van der Waals surface area contributed by atoms with Gasteiger partial charge in [0.05, 0.1) is 4.90 Å². The van der Waals surface area contributed by atoms with Crippen molar-refractivity contribution in [1.82, 2.24) is 14.1 Å². The van der Waals surface area contributed by atoms with Crippen molar-refractivity contribution in [2.45, 2.75) is 62.8 Å². The normalized spacial score (nSPS) is 19.2. The molecule has 2 aliphatic rings. The molecule has 1 aliphatic heterocycles. The summed E-state index contributed by atoms with van der Waals surface area (Å²) < 4.78 is 27.3. The predicted molar refractivity (Wildman–Crippen MR) is 125 cm³/mol. The highest BCUT2D eigenvalue weighted by molar-refractivity contribution is 7.89. The topological polar surface area (TPSA) is 78.0 Å². The van der Waals surface area contributed by atoms with Crippen molar-refractivity contribution in [2.24, 2.45) is 5.92 Å². The Morgan fingerprint density at radius 2 is 1.53 bits per heavy atom. The molecular weight excluding hydrogens is 426 g/mol. The van der Waals surface area contributed by atoms with E-state index in [1.54, 1.807) is 12.1 Å². The summed E-state index contributed by atoms with van der Waals surface area (Å²) in [7, 11) is 0.394. The lowest BCUT2D eigenvalue weighted by Crippen LogP contribution is -2.45. The fourth-order valence-corrected chi connectivity index (χ4v) is 6.26. The van der Waals surface area contributed by atoms with E-state index < -0.39 is 10.0 Å². The van der Waals surface area contributed by atoms with Crippen molar-refractivity contribution < 1.29 is 18.0 Å². The van der Waals surface area contributed by atoms with Gasteiger partial charge in [0, 0.05) is 50.7 Å². The van der Waals surface area contributed by atoms with E-state index in [9.17, 15) is 18.0 Å². The second-order valence-corrected chi connectivity index (χ2v) is 11.2. The Morgan fingerprint density at radius 3 is 2.09 bits per heavy atom. The van der Waals surface area contributed by atoms with Gasteiger partial charge in [-0.25, -0.2) is 8.42 Å². The fraction of sp³-hybridized carbons (Fsp3) is 0.667. The molecule has 1 saturated carbocycles. The standard InChI is InChI=1S/C24H37N3O4S/c1-19(28)20-9-11-23(12-10-20)32(30,31)27-15-13-21(14-16-27)24(29)26(3)18-17-25(2)22-7-5-4-6-8-22/h9-12,21-22H,4-8,13-18H2,1-3H3. The Morgan fingerprint density at radius 1 is 0.938 bits per heavy atom. The molecular formula is C24H37N3O4S. The molecule has 2 fully saturated rings. The maximum atomic E-state index is 12.9. The molecule has 7 nitrogen and oxygen atoms in total. The number of nitrogens with zero attached hydrogens (tertiary/aromatic N) is 3. The third-order valence-corrected chi connectivity index (χ3v) is 8.98. The minimum absolute atomic E-state index is 0.0951. The monoisotopic (exact) mass is 463 g/mol. The zero-order chi connectivity index (χ0) is 23.3. The van der Waals surface area contributed by atoms with E-state index in [1.165, 1.54) is 55.5 Å². The van der Waals surface area contributed by atoms with Crippen LogP contribution >= 0.6 is 0 Å². The zero-order valence-corrected chi connectivity index (χ0v) is 20.4. The Bertz CT molecular complexity index is 886. The number of Topliss-reactive ketones (excluding diaryl/α,β-unsaturated/α-hetero) is 1. The number of carbonyl (C=O) groups excluding carboxylic acids is 2. The van der Waals surface area contributed by atoms with E-state index in [0.717, 1.165) is 6.54 Å². The van der Waals surface area contributed by atoms with Gasteiger partial charge in [-0.3, -0.25) is 9.59 Å². The molecule has 1 aliphatic carbocycles. The van der Waals surface area contributed by atoms with Crippen molar-refractivity contribution in [2.75, 3.05) is 40.3 Å². The molecule has 1 saturated heterocycles. The number of rotatable bonds is 8. The third kappa shape index (κ3) is 5.97. The molecule has 0 unspecified atom stereocenters. The summed E-state index contributed by atoms with van der Waals surface area (Å²) in [4.78, 5) is 28.7. The van der Waals surface area contributed by atoms with Crippen molar-refractivity contribution in [3.63, 3.8) is 0 Å². The van der Waals surface area contributed by atoms with Crippen LogP contribution in [0, 0.1) is 5.92 Å². The number of benzene rings is 1. The highest BCUT2D eigenvalue weighted by Crippen LogP contribution is 2.26. The van der Waals surface area contributed by atoms with E-state index >= 15 is 0 Å². The van der Waals surface area contributed by atoms with Gasteiger partial charge in [-0.15, -0.1) is 0 Å². The van der Waals surface area contributed by atoms with Crippen molar-refractivity contribution >= 4 is 21.7 Å². The minimum atomic E-state index is -3.62. The molecule has 178 valence electrons. The first kappa shape index (κ1) is 24.9. The Labute approximate surface area is 192 Å². The second kappa shape index (κ2) is 10.9. The van der Waals surface area contributed by atoms with Crippen molar-refractivity contribution in [3.05, 3.63) is 29.8 Å². The van der Waals surface area contributed by atoms with E-state index in [-0.39, 0.29) is 22.5 Å². The molecule has 1 amide bonds. The largest absolute Gasteiger partial charge is 0.344 e. The number of likely N-dealkylation sites (N-methyl/N-ethyl adjacent to an activating group) is 2. The van der Waals surface area contributed by atoms with Crippen LogP contribution in [-0.4, -0.2) is 80.5 Å². The first-order chi connectivity index (χ1) is 15.2. The minimum Gasteiger partial charge on any atom is -0.344 e. The summed E-state index contributed by atoms with van der Waals surface area (Å²) in [5.41, 5.74) is 0.491. The molecule has 0 spiro atoms. The Kier molecular flexibility index (Phi) is 8.47. The number of amides is 1. The molecule has 0 bridgehead atoms. The van der Waals surface area contributed by atoms with Gasteiger partial charge in [0.2, 0.25) is 15.9 Å². The van der Waals surface area contributed by atoms with Crippen LogP contribution in [0.3, 0.4) is 0 Å². The summed E-state index contributed by atoms with van der Waals surface area (Å²) in [6.45, 7) is 3.70.